The summed E-state index contributed by atoms with van der Waals surface area (Å²) in [4.78, 5) is 23.0. The van der Waals surface area contributed by atoms with Crippen molar-refractivity contribution in [2.24, 2.45) is 0 Å². The molecule has 2 amide bonds. The van der Waals surface area contributed by atoms with Gasteiger partial charge in [0.05, 0.1) is 6.10 Å². The summed E-state index contributed by atoms with van der Waals surface area (Å²) in [5.41, 5.74) is 1.98. The van der Waals surface area contributed by atoms with Gasteiger partial charge >= 0.3 is 0 Å². The third-order valence-electron chi connectivity index (χ3n) is 3.86. The summed E-state index contributed by atoms with van der Waals surface area (Å²) in [7, 11) is 0. The minimum absolute atomic E-state index is 0.197. The second-order valence-corrected chi connectivity index (χ2v) is 5.00. The summed E-state index contributed by atoms with van der Waals surface area (Å²) in [6.45, 7) is 0. The van der Waals surface area contributed by atoms with E-state index in [0.717, 1.165) is 30.5 Å². The molecule has 2 atom stereocenters. The van der Waals surface area contributed by atoms with Crippen molar-refractivity contribution >= 4 is 11.8 Å². The summed E-state index contributed by atoms with van der Waals surface area (Å²) in [5, 5.41) is 12.3. The van der Waals surface area contributed by atoms with Gasteiger partial charge in [0.1, 0.15) is 6.04 Å². The summed E-state index contributed by atoms with van der Waals surface area (Å²) >= 11 is 0. The van der Waals surface area contributed by atoms with E-state index >= 15 is 0 Å². The van der Waals surface area contributed by atoms with Gasteiger partial charge in [0.2, 0.25) is 11.8 Å². The fraction of sp³-hybridized carbons (Fsp3) is 0.538. The Bertz CT molecular complexity index is 506. The van der Waals surface area contributed by atoms with Crippen molar-refractivity contribution in [3.05, 3.63) is 23.5 Å². The fourth-order valence-electron chi connectivity index (χ4n) is 2.93. The van der Waals surface area contributed by atoms with Crippen molar-refractivity contribution in [1.82, 2.24) is 9.88 Å². The van der Waals surface area contributed by atoms with Gasteiger partial charge in [0, 0.05) is 23.9 Å². The normalized spacial score (nSPS) is 27.8. The minimum Gasteiger partial charge on any atom is -0.388 e. The van der Waals surface area contributed by atoms with Crippen LogP contribution >= 0.6 is 0 Å². The highest BCUT2D eigenvalue weighted by molar-refractivity contribution is 5.99. The number of hydrogen-bond donors (Lipinski definition) is 2. The largest absolute Gasteiger partial charge is 0.388 e. The molecule has 18 heavy (non-hydrogen) atoms. The highest BCUT2D eigenvalue weighted by Crippen LogP contribution is 2.33. The van der Waals surface area contributed by atoms with E-state index < -0.39 is 6.10 Å². The van der Waals surface area contributed by atoms with Gasteiger partial charge in [-0.25, -0.2) is 0 Å². The van der Waals surface area contributed by atoms with Gasteiger partial charge in [-0.1, -0.05) is 0 Å². The van der Waals surface area contributed by atoms with Crippen LogP contribution in [0.4, 0.5) is 0 Å². The van der Waals surface area contributed by atoms with E-state index in [2.05, 4.69) is 5.32 Å². The number of amides is 2. The molecule has 2 N–H and O–H groups in total. The maximum atomic E-state index is 11.9. The number of aliphatic hydroxyl groups excluding tert-OH is 1. The van der Waals surface area contributed by atoms with E-state index in [1.807, 2.05) is 16.8 Å². The Morgan fingerprint density at radius 2 is 2.11 bits per heavy atom. The van der Waals surface area contributed by atoms with Crippen molar-refractivity contribution in [3.63, 3.8) is 0 Å². The molecule has 1 saturated heterocycles. The Kier molecular flexibility index (Phi) is 2.70. The van der Waals surface area contributed by atoms with Gasteiger partial charge in [0.25, 0.3) is 0 Å². The molecular formula is C13H16N2O3. The zero-order chi connectivity index (χ0) is 12.7. The molecule has 3 rings (SSSR count). The molecule has 1 aliphatic heterocycles. The lowest BCUT2D eigenvalue weighted by Gasteiger charge is -2.27. The molecule has 1 aliphatic carbocycles. The predicted molar refractivity (Wildman–Crippen MR) is 63.8 cm³/mol. The molecule has 5 heteroatoms. The van der Waals surface area contributed by atoms with Crippen LogP contribution in [0.25, 0.3) is 0 Å². The van der Waals surface area contributed by atoms with Crippen LogP contribution in [0.2, 0.25) is 0 Å². The first-order chi connectivity index (χ1) is 8.66. The van der Waals surface area contributed by atoms with Gasteiger partial charge < -0.3 is 9.67 Å². The molecule has 1 aromatic heterocycles. The molecular weight excluding hydrogens is 232 g/mol. The SMILES string of the molecule is O=C1CCC(n2ccc3c2CCCC3O)C(=O)N1. The van der Waals surface area contributed by atoms with Crippen molar-refractivity contribution in [2.45, 2.75) is 44.2 Å². The molecule has 1 aromatic rings. The first-order valence-electron chi connectivity index (χ1n) is 6.38. The Labute approximate surface area is 105 Å². The van der Waals surface area contributed by atoms with Crippen molar-refractivity contribution in [3.8, 4) is 0 Å². The molecule has 2 unspecified atom stereocenters. The maximum absolute atomic E-state index is 11.9. The van der Waals surface area contributed by atoms with Crippen LogP contribution in [0.15, 0.2) is 12.3 Å². The Hall–Kier alpha value is -1.62. The van der Waals surface area contributed by atoms with Crippen LogP contribution in [0.5, 0.6) is 0 Å². The highest BCUT2D eigenvalue weighted by Gasteiger charge is 2.31. The lowest BCUT2D eigenvalue weighted by molar-refractivity contribution is -0.135. The highest BCUT2D eigenvalue weighted by atomic mass is 16.3. The third-order valence-corrected chi connectivity index (χ3v) is 3.86. The molecule has 2 aliphatic rings. The molecule has 5 nitrogen and oxygen atoms in total. The first-order valence-corrected chi connectivity index (χ1v) is 6.38. The van der Waals surface area contributed by atoms with Crippen molar-refractivity contribution in [1.29, 1.82) is 0 Å². The monoisotopic (exact) mass is 248 g/mol. The fourth-order valence-corrected chi connectivity index (χ4v) is 2.93. The summed E-state index contributed by atoms with van der Waals surface area (Å²) < 4.78 is 1.93. The standard InChI is InChI=1S/C13H16N2O3/c16-11-3-1-2-9-8(11)6-7-15(9)10-4-5-12(17)14-13(10)18/h6-7,10-11,16H,1-5H2,(H,14,17,18). The molecule has 2 heterocycles. The quantitative estimate of drug-likeness (QED) is 0.723. The van der Waals surface area contributed by atoms with Crippen LogP contribution in [0.1, 0.15) is 49.1 Å². The Balaban J connectivity index is 1.93. The van der Waals surface area contributed by atoms with E-state index in [4.69, 9.17) is 0 Å². The average molecular weight is 248 g/mol. The smallest absolute Gasteiger partial charge is 0.249 e. The molecule has 96 valence electrons. The Morgan fingerprint density at radius 3 is 2.89 bits per heavy atom. The van der Waals surface area contributed by atoms with Gasteiger partial charge in [-0.05, 0) is 31.7 Å². The first kappa shape index (κ1) is 11.5. The number of imide groups is 1. The molecule has 0 radical (unpaired) electrons. The van der Waals surface area contributed by atoms with Crippen LogP contribution in [-0.4, -0.2) is 21.5 Å². The van der Waals surface area contributed by atoms with E-state index in [1.54, 1.807) is 0 Å². The van der Waals surface area contributed by atoms with E-state index in [-0.39, 0.29) is 17.9 Å². The number of carbonyl (C=O) groups is 2. The zero-order valence-corrected chi connectivity index (χ0v) is 10.1. The predicted octanol–water partition coefficient (Wildman–Crippen LogP) is 0.835. The van der Waals surface area contributed by atoms with Gasteiger partial charge in [-0.3, -0.25) is 14.9 Å². The lowest BCUT2D eigenvalue weighted by Crippen LogP contribution is -2.42. The second-order valence-electron chi connectivity index (χ2n) is 5.00. The third kappa shape index (κ3) is 1.75. The summed E-state index contributed by atoms with van der Waals surface area (Å²) in [6.07, 6.45) is 4.98. The number of piperidine rings is 1. The van der Waals surface area contributed by atoms with Crippen LogP contribution in [-0.2, 0) is 16.0 Å². The van der Waals surface area contributed by atoms with Crippen LogP contribution < -0.4 is 5.32 Å². The summed E-state index contributed by atoms with van der Waals surface area (Å²) in [5.74, 6) is -0.429. The minimum atomic E-state index is -0.414. The van der Waals surface area contributed by atoms with E-state index in [0.29, 0.717) is 12.8 Å². The van der Waals surface area contributed by atoms with Crippen LogP contribution in [0, 0.1) is 0 Å². The van der Waals surface area contributed by atoms with E-state index in [1.165, 1.54) is 0 Å². The number of rotatable bonds is 1. The number of aliphatic hydroxyl groups is 1. The summed E-state index contributed by atoms with van der Waals surface area (Å²) in [6, 6.07) is 1.58. The molecule has 1 fully saturated rings. The van der Waals surface area contributed by atoms with Crippen LogP contribution in [0.3, 0.4) is 0 Å². The van der Waals surface area contributed by atoms with Crippen molar-refractivity contribution < 1.29 is 14.7 Å². The topological polar surface area (TPSA) is 71.3 Å². The zero-order valence-electron chi connectivity index (χ0n) is 10.1. The number of aromatic nitrogens is 1. The van der Waals surface area contributed by atoms with E-state index in [9.17, 15) is 14.7 Å². The number of carbonyl (C=O) groups excluding carboxylic acids is 2. The molecule has 0 bridgehead atoms. The van der Waals surface area contributed by atoms with Gasteiger partial charge in [0.15, 0.2) is 0 Å². The molecule has 0 spiro atoms. The number of nitrogens with zero attached hydrogens (tertiary/aromatic N) is 1. The lowest BCUT2D eigenvalue weighted by atomic mass is 9.94. The number of hydrogen-bond acceptors (Lipinski definition) is 3. The molecule has 0 aromatic carbocycles. The van der Waals surface area contributed by atoms with Gasteiger partial charge in [-0.2, -0.15) is 0 Å². The number of nitrogens with one attached hydrogen (secondary N) is 1. The number of fused-ring (bicyclic) bond motifs is 1. The van der Waals surface area contributed by atoms with Gasteiger partial charge in [-0.15, -0.1) is 0 Å². The second kappa shape index (κ2) is 4.24. The maximum Gasteiger partial charge on any atom is 0.249 e. The average Bonchev–Trinajstić information content (AvgIpc) is 2.74. The Morgan fingerprint density at radius 1 is 1.28 bits per heavy atom. The molecule has 0 saturated carbocycles. The van der Waals surface area contributed by atoms with Crippen molar-refractivity contribution in [2.75, 3.05) is 0 Å².